The zero-order valence-corrected chi connectivity index (χ0v) is 9.00. The SMILES string of the molecule is CCN(CCC#N)CC1(O)CCCC1. The Labute approximate surface area is 86.3 Å². The summed E-state index contributed by atoms with van der Waals surface area (Å²) in [7, 11) is 0. The number of rotatable bonds is 5. The van der Waals surface area contributed by atoms with Gasteiger partial charge in [-0.05, 0) is 19.4 Å². The van der Waals surface area contributed by atoms with Crippen molar-refractivity contribution < 1.29 is 5.11 Å². The number of nitrogens with zero attached hydrogens (tertiary/aromatic N) is 2. The molecular weight excluding hydrogens is 176 g/mol. The quantitative estimate of drug-likeness (QED) is 0.725. The molecule has 0 aromatic heterocycles. The van der Waals surface area contributed by atoms with E-state index < -0.39 is 5.60 Å². The van der Waals surface area contributed by atoms with Crippen LogP contribution in [0.4, 0.5) is 0 Å². The Morgan fingerprint density at radius 2 is 2.07 bits per heavy atom. The van der Waals surface area contributed by atoms with Gasteiger partial charge in [0, 0.05) is 19.5 Å². The van der Waals surface area contributed by atoms with Crippen molar-refractivity contribution in [3.63, 3.8) is 0 Å². The monoisotopic (exact) mass is 196 g/mol. The van der Waals surface area contributed by atoms with Crippen molar-refractivity contribution in [1.82, 2.24) is 4.90 Å². The van der Waals surface area contributed by atoms with E-state index in [9.17, 15) is 5.11 Å². The van der Waals surface area contributed by atoms with Gasteiger partial charge in [-0.15, -0.1) is 0 Å². The third kappa shape index (κ3) is 3.28. The Hall–Kier alpha value is -0.590. The minimum atomic E-state index is -0.467. The fraction of sp³-hybridized carbons (Fsp3) is 0.909. The van der Waals surface area contributed by atoms with Crippen molar-refractivity contribution in [3.8, 4) is 6.07 Å². The lowest BCUT2D eigenvalue weighted by Crippen LogP contribution is -2.41. The summed E-state index contributed by atoms with van der Waals surface area (Å²) >= 11 is 0. The van der Waals surface area contributed by atoms with Crippen LogP contribution in [0.5, 0.6) is 0 Å². The molecule has 80 valence electrons. The van der Waals surface area contributed by atoms with Crippen molar-refractivity contribution >= 4 is 0 Å². The molecule has 0 aromatic carbocycles. The first-order valence-corrected chi connectivity index (χ1v) is 5.52. The molecule has 3 nitrogen and oxygen atoms in total. The van der Waals surface area contributed by atoms with E-state index in [0.29, 0.717) is 6.42 Å². The van der Waals surface area contributed by atoms with Crippen LogP contribution in [0.15, 0.2) is 0 Å². The molecule has 1 saturated carbocycles. The average molecular weight is 196 g/mol. The highest BCUT2D eigenvalue weighted by molar-refractivity contribution is 4.87. The van der Waals surface area contributed by atoms with Gasteiger partial charge in [0.2, 0.25) is 0 Å². The Kier molecular flexibility index (Phi) is 4.37. The zero-order chi connectivity index (χ0) is 10.4. The molecule has 0 unspecified atom stereocenters. The summed E-state index contributed by atoms with van der Waals surface area (Å²) in [5, 5.41) is 18.7. The van der Waals surface area contributed by atoms with E-state index in [1.165, 1.54) is 0 Å². The molecule has 1 aliphatic rings. The zero-order valence-electron chi connectivity index (χ0n) is 9.00. The Morgan fingerprint density at radius 1 is 1.43 bits per heavy atom. The first kappa shape index (κ1) is 11.5. The summed E-state index contributed by atoms with van der Waals surface area (Å²) in [5.41, 5.74) is -0.467. The molecular formula is C11H20N2O. The van der Waals surface area contributed by atoms with Crippen LogP contribution in [-0.2, 0) is 0 Å². The molecule has 0 spiro atoms. The van der Waals surface area contributed by atoms with Gasteiger partial charge >= 0.3 is 0 Å². The minimum absolute atomic E-state index is 0.467. The maximum Gasteiger partial charge on any atom is 0.0774 e. The predicted octanol–water partition coefficient (Wildman–Crippen LogP) is 1.53. The van der Waals surface area contributed by atoms with E-state index in [-0.39, 0.29) is 0 Å². The number of aliphatic hydroxyl groups is 1. The standard InChI is InChI=1S/C11H20N2O/c1-2-13(9-5-8-12)10-11(14)6-3-4-7-11/h14H,2-7,9-10H2,1H3. The number of nitriles is 1. The van der Waals surface area contributed by atoms with E-state index >= 15 is 0 Å². The van der Waals surface area contributed by atoms with Crippen LogP contribution < -0.4 is 0 Å². The maximum atomic E-state index is 10.2. The van der Waals surface area contributed by atoms with Gasteiger partial charge in [0.15, 0.2) is 0 Å². The van der Waals surface area contributed by atoms with Crippen molar-refractivity contribution in [1.29, 1.82) is 5.26 Å². The Bertz CT molecular complexity index is 204. The maximum absolute atomic E-state index is 10.2. The molecule has 3 heteroatoms. The number of likely N-dealkylation sites (N-methyl/N-ethyl adjacent to an activating group) is 1. The second-order valence-electron chi connectivity index (χ2n) is 4.21. The predicted molar refractivity (Wildman–Crippen MR) is 55.8 cm³/mol. The van der Waals surface area contributed by atoms with Crippen molar-refractivity contribution in [2.45, 2.75) is 44.6 Å². The first-order valence-electron chi connectivity index (χ1n) is 5.52. The number of hydrogen-bond acceptors (Lipinski definition) is 3. The van der Waals surface area contributed by atoms with E-state index in [0.717, 1.165) is 45.3 Å². The molecule has 0 bridgehead atoms. The summed E-state index contributed by atoms with van der Waals surface area (Å²) in [4.78, 5) is 2.18. The smallest absolute Gasteiger partial charge is 0.0774 e. The lowest BCUT2D eigenvalue weighted by molar-refractivity contribution is 0.0113. The van der Waals surface area contributed by atoms with Crippen LogP contribution in [0.2, 0.25) is 0 Å². The van der Waals surface area contributed by atoms with E-state index in [1.807, 2.05) is 0 Å². The largest absolute Gasteiger partial charge is 0.389 e. The second-order valence-corrected chi connectivity index (χ2v) is 4.21. The van der Waals surface area contributed by atoms with Gasteiger partial charge in [-0.3, -0.25) is 4.90 Å². The normalized spacial score (nSPS) is 19.9. The van der Waals surface area contributed by atoms with Gasteiger partial charge in [-0.1, -0.05) is 19.8 Å². The Balaban J connectivity index is 2.35. The summed E-state index contributed by atoms with van der Waals surface area (Å²) in [6, 6.07) is 2.15. The van der Waals surface area contributed by atoms with Crippen LogP contribution in [0.1, 0.15) is 39.0 Å². The van der Waals surface area contributed by atoms with Gasteiger partial charge in [0.05, 0.1) is 11.7 Å². The third-order valence-electron chi connectivity index (χ3n) is 3.04. The molecule has 1 fully saturated rings. The average Bonchev–Trinajstić information content (AvgIpc) is 2.60. The highest BCUT2D eigenvalue weighted by Crippen LogP contribution is 2.30. The van der Waals surface area contributed by atoms with Gasteiger partial charge in [-0.25, -0.2) is 0 Å². The lowest BCUT2D eigenvalue weighted by atomic mass is 10.0. The highest BCUT2D eigenvalue weighted by Gasteiger charge is 2.32. The fourth-order valence-corrected chi connectivity index (χ4v) is 2.16. The molecule has 0 heterocycles. The minimum Gasteiger partial charge on any atom is -0.389 e. The number of hydrogen-bond donors (Lipinski definition) is 1. The molecule has 0 radical (unpaired) electrons. The fourth-order valence-electron chi connectivity index (χ4n) is 2.16. The summed E-state index contributed by atoms with van der Waals surface area (Å²) in [5.74, 6) is 0. The highest BCUT2D eigenvalue weighted by atomic mass is 16.3. The van der Waals surface area contributed by atoms with Crippen LogP contribution in [0.25, 0.3) is 0 Å². The molecule has 0 aromatic rings. The Morgan fingerprint density at radius 3 is 2.57 bits per heavy atom. The van der Waals surface area contributed by atoms with Crippen molar-refractivity contribution in [3.05, 3.63) is 0 Å². The molecule has 0 aliphatic heterocycles. The third-order valence-corrected chi connectivity index (χ3v) is 3.04. The topological polar surface area (TPSA) is 47.3 Å². The molecule has 0 amide bonds. The first-order chi connectivity index (χ1) is 6.70. The summed E-state index contributed by atoms with van der Waals surface area (Å²) < 4.78 is 0. The van der Waals surface area contributed by atoms with Crippen LogP contribution in [0, 0.1) is 11.3 Å². The molecule has 1 N–H and O–H groups in total. The summed E-state index contributed by atoms with van der Waals surface area (Å²) in [6.45, 7) is 4.53. The van der Waals surface area contributed by atoms with E-state index in [4.69, 9.17) is 5.26 Å². The van der Waals surface area contributed by atoms with E-state index in [1.54, 1.807) is 0 Å². The molecule has 1 rings (SSSR count). The van der Waals surface area contributed by atoms with E-state index in [2.05, 4.69) is 17.9 Å². The second kappa shape index (κ2) is 5.33. The van der Waals surface area contributed by atoms with Crippen LogP contribution in [0.3, 0.4) is 0 Å². The van der Waals surface area contributed by atoms with Gasteiger partial charge in [-0.2, -0.15) is 5.26 Å². The molecule has 14 heavy (non-hydrogen) atoms. The van der Waals surface area contributed by atoms with Crippen molar-refractivity contribution in [2.75, 3.05) is 19.6 Å². The van der Waals surface area contributed by atoms with Crippen LogP contribution in [-0.4, -0.2) is 35.2 Å². The molecule has 0 atom stereocenters. The van der Waals surface area contributed by atoms with Crippen LogP contribution >= 0.6 is 0 Å². The molecule has 0 saturated heterocycles. The lowest BCUT2D eigenvalue weighted by Gasteiger charge is -2.29. The van der Waals surface area contributed by atoms with Gasteiger partial charge in [0.25, 0.3) is 0 Å². The summed E-state index contributed by atoms with van der Waals surface area (Å²) in [6.07, 6.45) is 4.70. The van der Waals surface area contributed by atoms with Crippen molar-refractivity contribution in [2.24, 2.45) is 0 Å². The van der Waals surface area contributed by atoms with Gasteiger partial charge in [0.1, 0.15) is 0 Å². The van der Waals surface area contributed by atoms with Gasteiger partial charge < -0.3 is 5.11 Å². The molecule has 1 aliphatic carbocycles.